The van der Waals surface area contributed by atoms with Crippen molar-refractivity contribution in [2.45, 2.75) is 24.3 Å². The van der Waals surface area contributed by atoms with Crippen molar-refractivity contribution in [3.8, 4) is 0 Å². The van der Waals surface area contributed by atoms with Gasteiger partial charge in [0.2, 0.25) is 0 Å². The fourth-order valence-corrected chi connectivity index (χ4v) is 3.96. The lowest BCUT2D eigenvalue weighted by Crippen LogP contribution is -2.19. The molecule has 2 nitrogen and oxygen atoms in total. The molecule has 1 aromatic heterocycles. The number of hydrogen-bond acceptors (Lipinski definition) is 3. The van der Waals surface area contributed by atoms with Crippen molar-refractivity contribution in [1.82, 2.24) is 0 Å². The largest absolute Gasteiger partial charge is 0.388 e. The summed E-state index contributed by atoms with van der Waals surface area (Å²) in [5.41, 5.74) is 0.585. The third-order valence-electron chi connectivity index (χ3n) is 3.17. The molecule has 0 aliphatic heterocycles. The number of halogens is 1. The Balaban J connectivity index is 2.42. The second-order valence-corrected chi connectivity index (χ2v) is 5.88. The van der Waals surface area contributed by atoms with E-state index in [2.05, 4.69) is 0 Å². The van der Waals surface area contributed by atoms with Crippen molar-refractivity contribution < 1.29 is 5.11 Å². The van der Waals surface area contributed by atoms with Gasteiger partial charge in [-0.15, -0.1) is 22.9 Å². The summed E-state index contributed by atoms with van der Waals surface area (Å²) in [5, 5.41) is 10.4. The van der Waals surface area contributed by atoms with Crippen LogP contribution in [0.25, 0.3) is 10.1 Å². The first-order valence-corrected chi connectivity index (χ1v) is 6.81. The number of hydrogen-bond donors (Lipinski definition) is 1. The molecule has 4 heteroatoms. The van der Waals surface area contributed by atoms with Gasteiger partial charge in [0, 0.05) is 20.5 Å². The highest BCUT2D eigenvalue weighted by Crippen LogP contribution is 2.41. The maximum absolute atomic E-state index is 12.3. The van der Waals surface area contributed by atoms with E-state index in [1.807, 2.05) is 24.3 Å². The summed E-state index contributed by atoms with van der Waals surface area (Å²) in [7, 11) is 0. The molecule has 1 N–H and O–H groups in total. The molecule has 3 rings (SSSR count). The van der Waals surface area contributed by atoms with Crippen LogP contribution in [0.4, 0.5) is 0 Å². The molecule has 0 bridgehead atoms. The third kappa shape index (κ3) is 1.69. The van der Waals surface area contributed by atoms with Crippen LogP contribution in [0.5, 0.6) is 0 Å². The van der Waals surface area contributed by atoms with Crippen LogP contribution in [0.2, 0.25) is 0 Å². The quantitative estimate of drug-likeness (QED) is 0.743. The van der Waals surface area contributed by atoms with Crippen LogP contribution in [-0.4, -0.2) is 5.11 Å². The summed E-state index contributed by atoms with van der Waals surface area (Å²) in [5.74, 6) is 0. The molecule has 1 aliphatic carbocycles. The summed E-state index contributed by atoms with van der Waals surface area (Å²) in [4.78, 5) is 13.1. The Labute approximate surface area is 107 Å². The minimum atomic E-state index is -0.540. The summed E-state index contributed by atoms with van der Waals surface area (Å²) in [6.45, 7) is 0. The lowest BCUT2D eigenvalue weighted by atomic mass is 9.95. The van der Waals surface area contributed by atoms with Crippen molar-refractivity contribution in [1.29, 1.82) is 0 Å². The second-order valence-electron chi connectivity index (χ2n) is 4.27. The molecular weight excluding hydrogens is 256 g/mol. The molecule has 0 saturated carbocycles. The molecule has 0 saturated heterocycles. The molecule has 1 unspecified atom stereocenters. The lowest BCUT2D eigenvalue weighted by Gasteiger charge is -2.24. The average molecular weight is 267 g/mol. The average Bonchev–Trinajstić information content (AvgIpc) is 2.34. The first-order chi connectivity index (χ1) is 8.18. The minimum Gasteiger partial charge on any atom is -0.388 e. The fourth-order valence-electron chi connectivity index (χ4n) is 2.30. The van der Waals surface area contributed by atoms with Gasteiger partial charge in [-0.1, -0.05) is 12.1 Å². The van der Waals surface area contributed by atoms with Crippen molar-refractivity contribution >= 4 is 33.0 Å². The topological polar surface area (TPSA) is 37.3 Å². The van der Waals surface area contributed by atoms with E-state index in [4.69, 9.17) is 11.6 Å². The van der Waals surface area contributed by atoms with Gasteiger partial charge in [-0.25, -0.2) is 0 Å². The molecule has 0 radical (unpaired) electrons. The molecule has 2 atom stereocenters. The van der Waals surface area contributed by atoms with Crippen LogP contribution < -0.4 is 5.43 Å². The number of aliphatic hydroxyl groups is 1. The van der Waals surface area contributed by atoms with Gasteiger partial charge in [0.15, 0.2) is 5.43 Å². The van der Waals surface area contributed by atoms with E-state index < -0.39 is 6.10 Å². The zero-order chi connectivity index (χ0) is 12.0. The maximum Gasteiger partial charge on any atom is 0.193 e. The number of fused-ring (bicyclic) bond motifs is 2. The van der Waals surface area contributed by atoms with Crippen molar-refractivity contribution in [3.05, 3.63) is 44.9 Å². The van der Waals surface area contributed by atoms with Crippen LogP contribution in [-0.2, 0) is 0 Å². The van der Waals surface area contributed by atoms with Crippen LogP contribution in [0.15, 0.2) is 29.1 Å². The van der Waals surface area contributed by atoms with Crippen LogP contribution >= 0.6 is 22.9 Å². The highest BCUT2D eigenvalue weighted by molar-refractivity contribution is 7.18. The van der Waals surface area contributed by atoms with Crippen LogP contribution in [0.1, 0.15) is 34.8 Å². The van der Waals surface area contributed by atoms with Crippen LogP contribution in [0.3, 0.4) is 0 Å². The molecular formula is C13H11ClO2S. The highest BCUT2D eigenvalue weighted by atomic mass is 35.5. The van der Waals surface area contributed by atoms with Gasteiger partial charge in [-0.2, -0.15) is 0 Å². The van der Waals surface area contributed by atoms with E-state index >= 15 is 0 Å². The third-order valence-corrected chi connectivity index (χ3v) is 4.90. The second kappa shape index (κ2) is 4.09. The van der Waals surface area contributed by atoms with Gasteiger partial charge < -0.3 is 5.11 Å². The molecule has 88 valence electrons. The summed E-state index contributed by atoms with van der Waals surface area (Å²) < 4.78 is 0.918. The van der Waals surface area contributed by atoms with E-state index in [-0.39, 0.29) is 10.8 Å². The van der Waals surface area contributed by atoms with Crippen LogP contribution in [0, 0.1) is 0 Å². The zero-order valence-electron chi connectivity index (χ0n) is 9.02. The number of rotatable bonds is 0. The van der Waals surface area contributed by atoms with Gasteiger partial charge in [-0.3, -0.25) is 4.79 Å². The number of aliphatic hydroxyl groups excluding tert-OH is 1. The first-order valence-electron chi connectivity index (χ1n) is 5.56. The molecule has 0 fully saturated rings. The van der Waals surface area contributed by atoms with Gasteiger partial charge in [-0.05, 0) is 25.0 Å². The smallest absolute Gasteiger partial charge is 0.193 e. The standard InChI is InChI=1S/C13H11ClO2S/c14-8-5-6-9(15)13-11(8)12(16)7-3-1-2-4-10(7)17-13/h1-4,8-9,15H,5-6H2/t8?,9-/m0/s1. The Morgan fingerprint density at radius 2 is 2.06 bits per heavy atom. The molecule has 2 aromatic rings. The predicted octanol–water partition coefficient (Wildman–Crippen LogP) is 3.37. The Kier molecular flexibility index (Phi) is 2.69. The Hall–Kier alpha value is -0.900. The van der Waals surface area contributed by atoms with E-state index in [0.29, 0.717) is 23.8 Å². The van der Waals surface area contributed by atoms with E-state index in [9.17, 15) is 9.90 Å². The van der Waals surface area contributed by atoms with Gasteiger partial charge in [0.1, 0.15) is 0 Å². The Morgan fingerprint density at radius 1 is 1.29 bits per heavy atom. The van der Waals surface area contributed by atoms with Crippen molar-refractivity contribution in [2.24, 2.45) is 0 Å². The predicted molar refractivity (Wildman–Crippen MR) is 70.9 cm³/mol. The van der Waals surface area contributed by atoms with Gasteiger partial charge in [0.05, 0.1) is 11.5 Å². The zero-order valence-corrected chi connectivity index (χ0v) is 10.6. The van der Waals surface area contributed by atoms with E-state index in [0.717, 1.165) is 9.58 Å². The highest BCUT2D eigenvalue weighted by Gasteiger charge is 2.28. The normalized spacial score (nSPS) is 23.6. The molecule has 1 aliphatic rings. The number of alkyl halides is 1. The summed E-state index contributed by atoms with van der Waals surface area (Å²) in [6.07, 6.45) is 0.758. The summed E-state index contributed by atoms with van der Waals surface area (Å²) in [6, 6.07) is 7.48. The van der Waals surface area contributed by atoms with Crippen molar-refractivity contribution in [3.63, 3.8) is 0 Å². The summed E-state index contributed by atoms with van der Waals surface area (Å²) >= 11 is 7.69. The first kappa shape index (κ1) is 11.2. The van der Waals surface area contributed by atoms with E-state index in [1.54, 1.807) is 0 Å². The molecule has 17 heavy (non-hydrogen) atoms. The Morgan fingerprint density at radius 3 is 2.88 bits per heavy atom. The monoisotopic (exact) mass is 266 g/mol. The maximum atomic E-state index is 12.3. The minimum absolute atomic E-state index is 0.0203. The molecule has 1 heterocycles. The fraction of sp³-hybridized carbons (Fsp3) is 0.308. The molecule has 0 amide bonds. The van der Waals surface area contributed by atoms with E-state index in [1.165, 1.54) is 11.3 Å². The van der Waals surface area contributed by atoms with Gasteiger partial charge >= 0.3 is 0 Å². The van der Waals surface area contributed by atoms with Gasteiger partial charge in [0.25, 0.3) is 0 Å². The molecule has 1 aromatic carbocycles. The Bertz CT molecular complexity index is 635. The van der Waals surface area contributed by atoms with Crippen molar-refractivity contribution in [2.75, 3.05) is 0 Å². The number of benzene rings is 1. The molecule has 0 spiro atoms. The lowest BCUT2D eigenvalue weighted by molar-refractivity contribution is 0.159. The SMILES string of the molecule is O=c1c2c(sc3ccccc13)[C@@H](O)CCC2Cl.